The van der Waals surface area contributed by atoms with Crippen molar-refractivity contribution in [1.29, 1.82) is 0 Å². The fourth-order valence-corrected chi connectivity index (χ4v) is 2.98. The predicted octanol–water partition coefficient (Wildman–Crippen LogP) is 3.13. The van der Waals surface area contributed by atoms with E-state index in [1.165, 1.54) is 17.7 Å². The quantitative estimate of drug-likeness (QED) is 0.850. The van der Waals surface area contributed by atoms with Gasteiger partial charge in [0.2, 0.25) is 0 Å². The van der Waals surface area contributed by atoms with Crippen molar-refractivity contribution < 1.29 is 4.74 Å². The number of rotatable bonds is 2. The molecule has 0 amide bonds. The molecular weight excluding hydrogens is 280 g/mol. The van der Waals surface area contributed by atoms with Gasteiger partial charge in [0.05, 0.1) is 7.11 Å². The van der Waals surface area contributed by atoms with E-state index >= 15 is 0 Å². The lowest BCUT2D eigenvalue weighted by molar-refractivity contribution is 0.411. The Bertz CT molecular complexity index is 563. The number of halogens is 1. The zero-order valence-corrected chi connectivity index (χ0v) is 11.2. The predicted molar refractivity (Wildman–Crippen MR) is 69.8 cm³/mol. The molecule has 17 heavy (non-hydrogen) atoms. The molecule has 1 aromatic carbocycles. The highest BCUT2D eigenvalue weighted by Crippen LogP contribution is 2.33. The maximum absolute atomic E-state index is 5.39. The van der Waals surface area contributed by atoms with Gasteiger partial charge in [-0.25, -0.2) is 4.68 Å². The summed E-state index contributed by atoms with van der Waals surface area (Å²) < 4.78 is 8.37. The van der Waals surface area contributed by atoms with Crippen LogP contribution in [0.4, 0.5) is 0 Å². The summed E-state index contributed by atoms with van der Waals surface area (Å²) in [6.45, 7) is 0. The zero-order valence-electron chi connectivity index (χ0n) is 9.61. The van der Waals surface area contributed by atoms with Gasteiger partial charge in [0.1, 0.15) is 16.0 Å². The summed E-state index contributed by atoms with van der Waals surface area (Å²) in [7, 11) is 1.69. The molecule has 88 valence electrons. The van der Waals surface area contributed by atoms with Gasteiger partial charge in [-0.2, -0.15) is 5.10 Å². The largest absolute Gasteiger partial charge is 0.494 e. The fourth-order valence-electron chi connectivity index (χ4n) is 2.40. The molecule has 1 heterocycles. The molecule has 0 bridgehead atoms. The minimum absolute atomic E-state index is 0.859. The van der Waals surface area contributed by atoms with Crippen LogP contribution < -0.4 is 4.74 Å². The Morgan fingerprint density at radius 1 is 1.29 bits per heavy atom. The molecule has 1 aliphatic carbocycles. The van der Waals surface area contributed by atoms with Crippen molar-refractivity contribution >= 4 is 15.9 Å². The molecule has 2 aromatic rings. The zero-order chi connectivity index (χ0) is 11.8. The van der Waals surface area contributed by atoms with Crippen LogP contribution in [0, 0.1) is 0 Å². The van der Waals surface area contributed by atoms with Crippen LogP contribution in [0.25, 0.3) is 5.69 Å². The van der Waals surface area contributed by atoms with E-state index in [1.54, 1.807) is 7.11 Å². The topological polar surface area (TPSA) is 27.1 Å². The van der Waals surface area contributed by atoms with Gasteiger partial charge in [-0.3, -0.25) is 0 Å². The summed E-state index contributed by atoms with van der Waals surface area (Å²) >= 11 is 3.54. The van der Waals surface area contributed by atoms with Crippen molar-refractivity contribution in [3.05, 3.63) is 40.1 Å². The summed E-state index contributed by atoms with van der Waals surface area (Å²) in [4.78, 5) is 0. The van der Waals surface area contributed by atoms with Crippen LogP contribution >= 0.6 is 15.9 Å². The van der Waals surface area contributed by atoms with Crippen molar-refractivity contribution in [2.45, 2.75) is 19.3 Å². The fraction of sp³-hybridized carbons (Fsp3) is 0.308. The van der Waals surface area contributed by atoms with E-state index in [9.17, 15) is 0 Å². The van der Waals surface area contributed by atoms with Crippen LogP contribution in [0.3, 0.4) is 0 Å². The number of para-hydroxylation sites is 2. The third kappa shape index (κ3) is 1.67. The molecule has 0 saturated heterocycles. The Hall–Kier alpha value is -1.29. The highest BCUT2D eigenvalue weighted by molar-refractivity contribution is 9.10. The number of benzene rings is 1. The first-order chi connectivity index (χ1) is 8.31. The van der Waals surface area contributed by atoms with Crippen LogP contribution in [0.1, 0.15) is 17.7 Å². The van der Waals surface area contributed by atoms with Gasteiger partial charge in [0.25, 0.3) is 0 Å². The van der Waals surface area contributed by atoms with E-state index in [4.69, 9.17) is 4.74 Å². The Labute approximate surface area is 109 Å². The lowest BCUT2D eigenvalue weighted by atomic mass is 10.2. The molecule has 0 saturated carbocycles. The Balaban J connectivity index is 2.19. The molecule has 0 fully saturated rings. The molecular formula is C13H13BrN2O. The number of fused-ring (bicyclic) bond motifs is 1. The average molecular weight is 293 g/mol. The number of ether oxygens (including phenoxy) is 1. The van der Waals surface area contributed by atoms with Gasteiger partial charge >= 0.3 is 0 Å². The number of hydrogen-bond donors (Lipinski definition) is 0. The molecule has 0 aliphatic heterocycles. The first kappa shape index (κ1) is 10.8. The lowest BCUT2D eigenvalue weighted by Crippen LogP contribution is -2.03. The smallest absolute Gasteiger partial charge is 0.144 e. The van der Waals surface area contributed by atoms with Gasteiger partial charge < -0.3 is 4.74 Å². The van der Waals surface area contributed by atoms with E-state index in [0.29, 0.717) is 0 Å². The van der Waals surface area contributed by atoms with E-state index < -0.39 is 0 Å². The van der Waals surface area contributed by atoms with Crippen molar-refractivity contribution in [2.75, 3.05) is 7.11 Å². The van der Waals surface area contributed by atoms with Gasteiger partial charge in [-0.15, -0.1) is 0 Å². The van der Waals surface area contributed by atoms with Crippen LogP contribution in [0.2, 0.25) is 0 Å². The van der Waals surface area contributed by atoms with Gasteiger partial charge in [0.15, 0.2) is 0 Å². The molecule has 0 atom stereocenters. The van der Waals surface area contributed by atoms with Gasteiger partial charge in [0, 0.05) is 11.3 Å². The maximum atomic E-state index is 5.39. The number of methoxy groups -OCH3 is 1. The monoisotopic (exact) mass is 292 g/mol. The SMILES string of the molecule is COc1ccccc1-n1nc(Br)c2c1CCC2. The van der Waals surface area contributed by atoms with Crippen molar-refractivity contribution in [2.24, 2.45) is 0 Å². The molecule has 3 nitrogen and oxygen atoms in total. The molecule has 1 aliphatic rings. The van der Waals surface area contributed by atoms with Crippen molar-refractivity contribution in [1.82, 2.24) is 9.78 Å². The van der Waals surface area contributed by atoms with Crippen LogP contribution in [-0.2, 0) is 12.8 Å². The Kier molecular flexibility index (Phi) is 2.67. The van der Waals surface area contributed by atoms with Crippen LogP contribution in [-0.4, -0.2) is 16.9 Å². The van der Waals surface area contributed by atoms with Crippen molar-refractivity contribution in [3.63, 3.8) is 0 Å². The maximum Gasteiger partial charge on any atom is 0.144 e. The molecule has 3 rings (SSSR count). The summed E-state index contributed by atoms with van der Waals surface area (Å²) in [6.07, 6.45) is 3.41. The minimum Gasteiger partial charge on any atom is -0.494 e. The molecule has 1 aromatic heterocycles. The minimum atomic E-state index is 0.859. The normalized spacial score (nSPS) is 13.8. The molecule has 0 N–H and O–H groups in total. The molecule has 0 unspecified atom stereocenters. The van der Waals surface area contributed by atoms with E-state index in [-0.39, 0.29) is 0 Å². The summed E-state index contributed by atoms with van der Waals surface area (Å²) in [5, 5.41) is 4.56. The standard InChI is InChI=1S/C13H13BrN2O/c1-17-12-8-3-2-6-11(12)16-10-7-4-5-9(10)13(14)15-16/h2-3,6,8H,4-5,7H2,1H3. The van der Waals surface area contributed by atoms with E-state index in [0.717, 1.165) is 28.9 Å². The lowest BCUT2D eigenvalue weighted by Gasteiger charge is -2.10. The third-order valence-corrected chi connectivity index (χ3v) is 3.83. The van der Waals surface area contributed by atoms with E-state index in [2.05, 4.69) is 21.0 Å². The third-order valence-electron chi connectivity index (χ3n) is 3.19. The highest BCUT2D eigenvalue weighted by atomic mass is 79.9. The second-order valence-electron chi connectivity index (χ2n) is 4.15. The summed E-state index contributed by atoms with van der Waals surface area (Å²) in [5.41, 5.74) is 3.66. The number of hydrogen-bond acceptors (Lipinski definition) is 2. The molecule has 0 radical (unpaired) electrons. The Morgan fingerprint density at radius 2 is 2.12 bits per heavy atom. The molecule has 4 heteroatoms. The van der Waals surface area contributed by atoms with Crippen LogP contribution in [0.5, 0.6) is 5.75 Å². The first-order valence-electron chi connectivity index (χ1n) is 5.71. The van der Waals surface area contributed by atoms with Gasteiger partial charge in [-0.05, 0) is 47.3 Å². The second-order valence-corrected chi connectivity index (χ2v) is 4.90. The number of nitrogens with zero attached hydrogens (tertiary/aromatic N) is 2. The second kappa shape index (κ2) is 4.18. The highest BCUT2D eigenvalue weighted by Gasteiger charge is 2.22. The summed E-state index contributed by atoms with van der Waals surface area (Å²) in [6, 6.07) is 7.99. The number of aromatic nitrogens is 2. The van der Waals surface area contributed by atoms with E-state index in [1.807, 2.05) is 28.9 Å². The Morgan fingerprint density at radius 3 is 2.94 bits per heavy atom. The van der Waals surface area contributed by atoms with Crippen LogP contribution in [0.15, 0.2) is 28.9 Å². The first-order valence-corrected chi connectivity index (χ1v) is 6.50. The summed E-state index contributed by atoms with van der Waals surface area (Å²) in [5.74, 6) is 0.859. The van der Waals surface area contributed by atoms with Crippen molar-refractivity contribution in [3.8, 4) is 11.4 Å². The van der Waals surface area contributed by atoms with Gasteiger partial charge in [-0.1, -0.05) is 12.1 Å². The molecule has 0 spiro atoms. The average Bonchev–Trinajstić information content (AvgIpc) is 2.94.